The number of aromatic nitrogens is 1. The molecule has 0 saturated carbocycles. The number of nitrogens with zero attached hydrogens (tertiary/aromatic N) is 1. The Kier molecular flexibility index (Phi) is 3.80. The number of benzene rings is 1. The van der Waals surface area contributed by atoms with E-state index < -0.39 is 0 Å². The molecule has 0 atom stereocenters. The third kappa shape index (κ3) is 3.10. The van der Waals surface area contributed by atoms with Gasteiger partial charge in [0.05, 0.1) is 5.56 Å². The molecule has 0 aliphatic heterocycles. The van der Waals surface area contributed by atoms with Crippen molar-refractivity contribution in [1.82, 2.24) is 4.98 Å². The number of pyridine rings is 1. The Morgan fingerprint density at radius 2 is 2.05 bits per heavy atom. The van der Waals surface area contributed by atoms with E-state index in [-0.39, 0.29) is 5.78 Å². The lowest BCUT2D eigenvalue weighted by atomic mass is 10.00. The van der Waals surface area contributed by atoms with E-state index in [1.54, 1.807) is 12.3 Å². The molecule has 0 fully saturated rings. The number of hydrogen-bond acceptors (Lipinski definition) is 4. The molecule has 0 saturated heterocycles. The summed E-state index contributed by atoms with van der Waals surface area (Å²) >= 11 is 0. The number of nitrogens with two attached hydrogens (primary N) is 2. The van der Waals surface area contributed by atoms with Gasteiger partial charge in [0, 0.05) is 18.3 Å². The minimum atomic E-state index is 0.0190. The summed E-state index contributed by atoms with van der Waals surface area (Å²) in [7, 11) is 0. The van der Waals surface area contributed by atoms with Crippen molar-refractivity contribution in [3.8, 4) is 0 Å². The van der Waals surface area contributed by atoms with Gasteiger partial charge in [-0.25, -0.2) is 4.98 Å². The Labute approximate surface area is 112 Å². The van der Waals surface area contributed by atoms with Gasteiger partial charge in [-0.15, -0.1) is 0 Å². The van der Waals surface area contributed by atoms with Crippen LogP contribution in [0.5, 0.6) is 0 Å². The van der Waals surface area contributed by atoms with Crippen LogP contribution >= 0.6 is 0 Å². The largest absolute Gasteiger partial charge is 0.399 e. The molecule has 0 aliphatic carbocycles. The average molecular weight is 255 g/mol. The molecule has 4 nitrogen and oxygen atoms in total. The van der Waals surface area contributed by atoms with E-state index in [9.17, 15) is 4.79 Å². The highest BCUT2D eigenvalue weighted by Gasteiger charge is 2.13. The normalized spacial score (nSPS) is 10.4. The molecular weight excluding hydrogens is 238 g/mol. The smallest absolute Gasteiger partial charge is 0.167 e. The maximum absolute atomic E-state index is 12.2. The van der Waals surface area contributed by atoms with E-state index in [0.29, 0.717) is 29.9 Å². The van der Waals surface area contributed by atoms with Gasteiger partial charge >= 0.3 is 0 Å². The number of Topliss-reactive ketones (excluding diaryl/α,β-unsaturated/α-hetero) is 1. The van der Waals surface area contributed by atoms with Crippen LogP contribution in [-0.4, -0.2) is 10.8 Å². The van der Waals surface area contributed by atoms with E-state index in [2.05, 4.69) is 4.98 Å². The Morgan fingerprint density at radius 1 is 1.26 bits per heavy atom. The zero-order valence-corrected chi connectivity index (χ0v) is 10.9. The Morgan fingerprint density at radius 3 is 2.74 bits per heavy atom. The van der Waals surface area contributed by atoms with Crippen molar-refractivity contribution < 1.29 is 4.79 Å². The van der Waals surface area contributed by atoms with Gasteiger partial charge in [0.15, 0.2) is 5.78 Å². The molecule has 0 spiro atoms. The number of ketones is 1. The number of carbonyl (C=O) groups excluding carboxylic acids is 1. The molecule has 2 rings (SSSR count). The van der Waals surface area contributed by atoms with Gasteiger partial charge in [-0.1, -0.05) is 12.1 Å². The van der Waals surface area contributed by atoms with Crippen molar-refractivity contribution in [2.45, 2.75) is 19.8 Å². The van der Waals surface area contributed by atoms with E-state index >= 15 is 0 Å². The molecule has 4 N–H and O–H groups in total. The highest BCUT2D eigenvalue weighted by atomic mass is 16.1. The van der Waals surface area contributed by atoms with Crippen LogP contribution in [0.1, 0.15) is 27.9 Å². The zero-order chi connectivity index (χ0) is 13.8. The molecule has 19 heavy (non-hydrogen) atoms. The molecule has 0 radical (unpaired) electrons. The highest BCUT2D eigenvalue weighted by Crippen LogP contribution is 2.17. The first kappa shape index (κ1) is 13.1. The lowest BCUT2D eigenvalue weighted by Gasteiger charge is -2.07. The van der Waals surface area contributed by atoms with Gasteiger partial charge in [-0.2, -0.15) is 0 Å². The van der Waals surface area contributed by atoms with Crippen LogP contribution in [0.25, 0.3) is 0 Å². The quantitative estimate of drug-likeness (QED) is 0.649. The molecule has 2 aromatic rings. The summed E-state index contributed by atoms with van der Waals surface area (Å²) in [6, 6.07) is 9.35. The van der Waals surface area contributed by atoms with Crippen molar-refractivity contribution in [3.05, 3.63) is 53.2 Å². The van der Waals surface area contributed by atoms with Crippen LogP contribution in [0.15, 0.2) is 36.5 Å². The second kappa shape index (κ2) is 5.52. The summed E-state index contributed by atoms with van der Waals surface area (Å²) in [5, 5.41) is 0. The highest BCUT2D eigenvalue weighted by molar-refractivity contribution is 6.01. The molecule has 1 heterocycles. The average Bonchev–Trinajstić information content (AvgIpc) is 2.36. The van der Waals surface area contributed by atoms with Gasteiger partial charge in [0.1, 0.15) is 5.82 Å². The Hall–Kier alpha value is -2.36. The van der Waals surface area contributed by atoms with E-state index in [1.807, 2.05) is 31.2 Å². The standard InChI is InChI=1S/C15H17N3O/c1-10-7-8-18-15(17)14(10)13(19)6-5-11-3-2-4-12(16)9-11/h2-4,7-9H,5-6,16H2,1H3,(H2,17,18). The number of aryl methyl sites for hydroxylation is 2. The fourth-order valence-electron chi connectivity index (χ4n) is 2.07. The summed E-state index contributed by atoms with van der Waals surface area (Å²) < 4.78 is 0. The van der Waals surface area contributed by atoms with E-state index in [4.69, 9.17) is 11.5 Å². The predicted molar refractivity (Wildman–Crippen MR) is 76.9 cm³/mol. The van der Waals surface area contributed by atoms with Crippen molar-refractivity contribution in [3.63, 3.8) is 0 Å². The lowest BCUT2D eigenvalue weighted by Crippen LogP contribution is -2.09. The maximum Gasteiger partial charge on any atom is 0.167 e. The minimum Gasteiger partial charge on any atom is -0.399 e. The SMILES string of the molecule is Cc1ccnc(N)c1C(=O)CCc1cccc(N)c1. The number of anilines is 2. The number of rotatable bonds is 4. The summed E-state index contributed by atoms with van der Waals surface area (Å²) in [6.45, 7) is 1.87. The van der Waals surface area contributed by atoms with Crippen LogP contribution in [0.4, 0.5) is 11.5 Å². The third-order valence-corrected chi connectivity index (χ3v) is 3.06. The molecule has 0 aliphatic rings. The van der Waals surface area contributed by atoms with Crippen LogP contribution in [-0.2, 0) is 6.42 Å². The van der Waals surface area contributed by atoms with Gasteiger partial charge in [-0.05, 0) is 42.7 Å². The maximum atomic E-state index is 12.2. The molecule has 1 aromatic carbocycles. The summed E-state index contributed by atoms with van der Waals surface area (Å²) in [5.74, 6) is 0.322. The van der Waals surface area contributed by atoms with Crippen molar-refractivity contribution >= 4 is 17.3 Å². The summed E-state index contributed by atoms with van der Waals surface area (Å²) in [6.07, 6.45) is 2.66. The van der Waals surface area contributed by atoms with Crippen molar-refractivity contribution in [2.24, 2.45) is 0 Å². The third-order valence-electron chi connectivity index (χ3n) is 3.06. The van der Waals surface area contributed by atoms with E-state index in [1.165, 1.54) is 0 Å². The van der Waals surface area contributed by atoms with Crippen LogP contribution < -0.4 is 11.5 Å². The Bertz CT molecular complexity index is 588. The van der Waals surface area contributed by atoms with Crippen LogP contribution in [0.3, 0.4) is 0 Å². The van der Waals surface area contributed by atoms with Gasteiger partial charge < -0.3 is 11.5 Å². The molecule has 4 heteroatoms. The fraction of sp³-hybridized carbons (Fsp3) is 0.200. The van der Waals surface area contributed by atoms with Gasteiger partial charge in [0.25, 0.3) is 0 Å². The van der Waals surface area contributed by atoms with Gasteiger partial charge in [-0.3, -0.25) is 4.79 Å². The summed E-state index contributed by atoms with van der Waals surface area (Å²) in [5.41, 5.74) is 14.6. The molecule has 0 bridgehead atoms. The van der Waals surface area contributed by atoms with Crippen molar-refractivity contribution in [1.29, 1.82) is 0 Å². The van der Waals surface area contributed by atoms with Crippen molar-refractivity contribution in [2.75, 3.05) is 11.5 Å². The first-order chi connectivity index (χ1) is 9.08. The number of nitrogen functional groups attached to an aromatic ring is 2. The second-order valence-electron chi connectivity index (χ2n) is 4.56. The molecule has 98 valence electrons. The minimum absolute atomic E-state index is 0.0190. The second-order valence-corrected chi connectivity index (χ2v) is 4.56. The predicted octanol–water partition coefficient (Wildman–Crippen LogP) is 2.37. The number of carbonyl (C=O) groups is 1. The molecule has 0 unspecified atom stereocenters. The fourth-order valence-corrected chi connectivity index (χ4v) is 2.07. The lowest BCUT2D eigenvalue weighted by molar-refractivity contribution is 0.0983. The molecule has 0 amide bonds. The molecular formula is C15H17N3O. The number of hydrogen-bond donors (Lipinski definition) is 2. The van der Waals surface area contributed by atoms with E-state index in [0.717, 1.165) is 11.1 Å². The topological polar surface area (TPSA) is 82.0 Å². The van der Waals surface area contributed by atoms with Gasteiger partial charge in [0.2, 0.25) is 0 Å². The first-order valence-corrected chi connectivity index (χ1v) is 6.16. The first-order valence-electron chi connectivity index (χ1n) is 6.16. The Balaban J connectivity index is 2.10. The monoisotopic (exact) mass is 255 g/mol. The van der Waals surface area contributed by atoms with Crippen LogP contribution in [0, 0.1) is 6.92 Å². The van der Waals surface area contributed by atoms with Crippen LogP contribution in [0.2, 0.25) is 0 Å². The summed E-state index contributed by atoms with van der Waals surface area (Å²) in [4.78, 5) is 16.2. The zero-order valence-electron chi connectivity index (χ0n) is 10.9. The molecule has 1 aromatic heterocycles.